The Bertz CT molecular complexity index is 865. The predicted molar refractivity (Wildman–Crippen MR) is 83.6 cm³/mol. The first-order chi connectivity index (χ1) is 11.8. The van der Waals surface area contributed by atoms with Crippen molar-refractivity contribution in [2.24, 2.45) is 5.10 Å². The summed E-state index contributed by atoms with van der Waals surface area (Å²) in [5, 5.41) is 4.43. The molecule has 2 aromatic carbocycles. The van der Waals surface area contributed by atoms with Gasteiger partial charge in [0.2, 0.25) is 0 Å². The lowest BCUT2D eigenvalue weighted by Crippen LogP contribution is -2.31. The number of anilines is 2. The second-order valence-electron chi connectivity index (χ2n) is 5.12. The van der Waals surface area contributed by atoms with Crippen molar-refractivity contribution in [2.75, 3.05) is 17.3 Å². The van der Waals surface area contributed by atoms with Crippen LogP contribution in [-0.2, 0) is 10.9 Å². The molecule has 2 N–H and O–H groups in total. The fraction of sp³-hybridized carbons (Fsp3) is 0.125. The Morgan fingerprint density at radius 1 is 1.16 bits per heavy atom. The highest BCUT2D eigenvalue weighted by Gasteiger charge is 2.35. The minimum atomic E-state index is -4.76. The van der Waals surface area contributed by atoms with Gasteiger partial charge in [0.05, 0.1) is 23.2 Å². The van der Waals surface area contributed by atoms with Crippen LogP contribution in [0.4, 0.5) is 33.7 Å². The molecule has 0 bridgehead atoms. The summed E-state index contributed by atoms with van der Waals surface area (Å²) >= 11 is 0. The van der Waals surface area contributed by atoms with Crippen molar-refractivity contribution in [3.63, 3.8) is 0 Å². The number of rotatable bonds is 2. The van der Waals surface area contributed by atoms with Gasteiger partial charge in [0.25, 0.3) is 0 Å². The molecule has 3 rings (SSSR count). The minimum absolute atomic E-state index is 0.0562. The molecule has 0 aromatic heterocycles. The van der Waals surface area contributed by atoms with Gasteiger partial charge in [-0.2, -0.15) is 23.3 Å². The van der Waals surface area contributed by atoms with Crippen LogP contribution in [0.25, 0.3) is 11.1 Å². The van der Waals surface area contributed by atoms with Crippen LogP contribution in [-0.4, -0.2) is 18.9 Å². The number of hydrogen-bond donors (Lipinski definition) is 1. The van der Waals surface area contributed by atoms with E-state index in [4.69, 9.17) is 10.5 Å². The van der Waals surface area contributed by atoms with Crippen LogP contribution in [0.1, 0.15) is 5.56 Å². The molecule has 130 valence electrons. The highest BCUT2D eigenvalue weighted by Crippen LogP contribution is 2.41. The van der Waals surface area contributed by atoms with Gasteiger partial charge in [-0.15, -0.1) is 0 Å². The molecule has 0 aliphatic carbocycles. The maximum Gasteiger partial charge on any atom is 0.435 e. The van der Waals surface area contributed by atoms with E-state index in [2.05, 4.69) is 5.10 Å². The lowest BCUT2D eigenvalue weighted by atomic mass is 9.97. The third-order valence-corrected chi connectivity index (χ3v) is 3.55. The van der Waals surface area contributed by atoms with Crippen molar-refractivity contribution in [1.82, 2.24) is 0 Å². The number of alkyl halides is 3. The quantitative estimate of drug-likeness (QED) is 0.655. The molecule has 1 aliphatic rings. The first kappa shape index (κ1) is 16.7. The third-order valence-electron chi connectivity index (χ3n) is 3.55. The van der Waals surface area contributed by atoms with Crippen molar-refractivity contribution < 1.29 is 27.1 Å². The molecular weight excluding hydrogens is 342 g/mol. The summed E-state index contributed by atoms with van der Waals surface area (Å²) in [5.41, 5.74) is 3.58. The summed E-state index contributed by atoms with van der Waals surface area (Å²) in [6.07, 6.45) is -4.41. The molecule has 25 heavy (non-hydrogen) atoms. The number of ether oxygens (including phenoxy) is 1. The average molecular weight is 353 g/mol. The van der Waals surface area contributed by atoms with E-state index in [9.17, 15) is 22.4 Å². The Balaban J connectivity index is 2.17. The zero-order valence-corrected chi connectivity index (χ0v) is 12.5. The van der Waals surface area contributed by atoms with E-state index in [0.29, 0.717) is 5.01 Å². The smallest absolute Gasteiger partial charge is 0.435 e. The Morgan fingerprint density at radius 3 is 2.60 bits per heavy atom. The number of benzene rings is 2. The number of hydrogen-bond acceptors (Lipinski definition) is 4. The van der Waals surface area contributed by atoms with Crippen LogP contribution in [0.3, 0.4) is 0 Å². The summed E-state index contributed by atoms with van der Waals surface area (Å²) in [4.78, 5) is 11.6. The standard InChI is InChI=1S/C16H11F4N3O2/c17-13-3-1-2-11(14(13)21)10-5-4-9(8-12(10)16(18,19)20)23-15(24)25-7-6-22-23/h1-6,8H,7,21H2. The van der Waals surface area contributed by atoms with Gasteiger partial charge in [0.15, 0.2) is 0 Å². The summed E-state index contributed by atoms with van der Waals surface area (Å²) in [6, 6.07) is 6.71. The zero-order valence-electron chi connectivity index (χ0n) is 12.5. The second kappa shape index (κ2) is 6.08. The van der Waals surface area contributed by atoms with Crippen LogP contribution in [0.2, 0.25) is 0 Å². The van der Waals surface area contributed by atoms with Crippen LogP contribution in [0, 0.1) is 5.82 Å². The number of cyclic esters (lactones) is 1. The summed E-state index contributed by atoms with van der Waals surface area (Å²) in [7, 11) is 0. The van der Waals surface area contributed by atoms with Gasteiger partial charge in [0.1, 0.15) is 12.4 Å². The number of carbonyl (C=O) groups is 1. The molecule has 0 saturated heterocycles. The van der Waals surface area contributed by atoms with E-state index in [1.807, 2.05) is 0 Å². The Morgan fingerprint density at radius 2 is 1.92 bits per heavy atom. The molecule has 1 amide bonds. The zero-order chi connectivity index (χ0) is 18.2. The fourth-order valence-corrected chi connectivity index (χ4v) is 2.41. The molecule has 0 spiro atoms. The monoisotopic (exact) mass is 353 g/mol. The summed E-state index contributed by atoms with van der Waals surface area (Å²) < 4.78 is 58.8. The molecule has 1 aliphatic heterocycles. The summed E-state index contributed by atoms with van der Waals surface area (Å²) in [5.74, 6) is -0.820. The molecule has 0 radical (unpaired) electrons. The topological polar surface area (TPSA) is 67.9 Å². The molecule has 5 nitrogen and oxygen atoms in total. The summed E-state index contributed by atoms with van der Waals surface area (Å²) in [6.45, 7) is -0.0562. The van der Waals surface area contributed by atoms with Gasteiger partial charge in [-0.3, -0.25) is 0 Å². The second-order valence-corrected chi connectivity index (χ2v) is 5.12. The number of amides is 1. The van der Waals surface area contributed by atoms with Gasteiger partial charge in [-0.1, -0.05) is 18.2 Å². The van der Waals surface area contributed by atoms with Gasteiger partial charge in [-0.05, 0) is 23.8 Å². The van der Waals surface area contributed by atoms with Crippen molar-refractivity contribution in [2.45, 2.75) is 6.18 Å². The first-order valence-electron chi connectivity index (χ1n) is 7.04. The molecule has 0 atom stereocenters. The van der Waals surface area contributed by atoms with Gasteiger partial charge >= 0.3 is 12.3 Å². The normalized spacial score (nSPS) is 14.6. The van der Waals surface area contributed by atoms with Gasteiger partial charge < -0.3 is 10.5 Å². The Kier molecular flexibility index (Phi) is 4.07. The third kappa shape index (κ3) is 3.12. The van der Waals surface area contributed by atoms with E-state index in [1.165, 1.54) is 24.4 Å². The van der Waals surface area contributed by atoms with E-state index < -0.39 is 29.3 Å². The highest BCUT2D eigenvalue weighted by atomic mass is 19.4. The van der Waals surface area contributed by atoms with E-state index in [0.717, 1.165) is 18.2 Å². The van der Waals surface area contributed by atoms with Crippen LogP contribution >= 0.6 is 0 Å². The highest BCUT2D eigenvalue weighted by molar-refractivity contribution is 5.92. The van der Waals surface area contributed by atoms with Crippen molar-refractivity contribution in [1.29, 1.82) is 0 Å². The fourth-order valence-electron chi connectivity index (χ4n) is 2.41. The van der Waals surface area contributed by atoms with E-state index in [-0.39, 0.29) is 23.4 Å². The van der Waals surface area contributed by atoms with Crippen molar-refractivity contribution in [3.8, 4) is 11.1 Å². The maximum absolute atomic E-state index is 13.6. The van der Waals surface area contributed by atoms with E-state index in [1.54, 1.807) is 0 Å². The van der Waals surface area contributed by atoms with Crippen LogP contribution < -0.4 is 10.7 Å². The van der Waals surface area contributed by atoms with Crippen LogP contribution in [0.5, 0.6) is 0 Å². The minimum Gasteiger partial charge on any atom is -0.442 e. The van der Waals surface area contributed by atoms with E-state index >= 15 is 0 Å². The lowest BCUT2D eigenvalue weighted by Gasteiger charge is -2.22. The Hall–Kier alpha value is -3.10. The van der Waals surface area contributed by atoms with Crippen molar-refractivity contribution in [3.05, 3.63) is 47.8 Å². The average Bonchev–Trinajstić information content (AvgIpc) is 2.57. The molecule has 0 fully saturated rings. The first-order valence-corrected chi connectivity index (χ1v) is 7.04. The number of nitrogen functional groups attached to an aromatic ring is 1. The molecule has 9 heteroatoms. The number of para-hydroxylation sites is 1. The number of carbonyl (C=O) groups excluding carboxylic acids is 1. The van der Waals surface area contributed by atoms with Crippen molar-refractivity contribution >= 4 is 23.7 Å². The van der Waals surface area contributed by atoms with Gasteiger partial charge in [-0.25, -0.2) is 9.18 Å². The number of halogens is 4. The van der Waals surface area contributed by atoms with Gasteiger partial charge in [0, 0.05) is 5.56 Å². The largest absolute Gasteiger partial charge is 0.442 e. The lowest BCUT2D eigenvalue weighted by molar-refractivity contribution is -0.137. The SMILES string of the molecule is Nc1c(F)cccc1-c1ccc(N2N=CCOC2=O)cc1C(F)(F)F. The maximum atomic E-state index is 13.6. The van der Waals surface area contributed by atoms with Crippen LogP contribution in [0.15, 0.2) is 41.5 Å². The molecule has 0 unspecified atom stereocenters. The predicted octanol–water partition coefficient (Wildman–Crippen LogP) is 4.04. The number of nitrogens with zero attached hydrogens (tertiary/aromatic N) is 2. The molecule has 0 saturated carbocycles. The molecular formula is C16H11F4N3O2. The number of hydrazone groups is 1. The Labute approximate surface area is 139 Å². The number of nitrogens with two attached hydrogens (primary N) is 1. The molecule has 2 aromatic rings. The molecule has 1 heterocycles.